The van der Waals surface area contributed by atoms with Crippen molar-refractivity contribution in [2.24, 2.45) is 0 Å². The lowest BCUT2D eigenvalue weighted by Crippen LogP contribution is -2.21. The fourth-order valence-electron chi connectivity index (χ4n) is 2.51. The van der Waals surface area contributed by atoms with Crippen molar-refractivity contribution in [2.75, 3.05) is 23.8 Å². The number of nitrogens with zero attached hydrogens (tertiary/aromatic N) is 4. The fraction of sp³-hybridized carbons (Fsp3) is 0.211. The maximum absolute atomic E-state index is 12.8. The van der Waals surface area contributed by atoms with Gasteiger partial charge in [0.15, 0.2) is 0 Å². The summed E-state index contributed by atoms with van der Waals surface area (Å²) in [6, 6.07) is 10.6. The molecule has 0 atom stereocenters. The molecule has 5 nitrogen and oxygen atoms in total. The minimum absolute atomic E-state index is 0.314. The van der Waals surface area contributed by atoms with Gasteiger partial charge in [0.25, 0.3) is 0 Å². The maximum Gasteiger partial charge on any atom is 0.416 e. The van der Waals surface area contributed by atoms with Gasteiger partial charge in [0.1, 0.15) is 18.0 Å². The van der Waals surface area contributed by atoms with E-state index in [2.05, 4.69) is 20.3 Å². The molecule has 3 rings (SSSR count). The Morgan fingerprint density at radius 3 is 2.56 bits per heavy atom. The van der Waals surface area contributed by atoms with Gasteiger partial charge in [0.05, 0.1) is 5.56 Å². The van der Waals surface area contributed by atoms with Crippen molar-refractivity contribution in [1.29, 1.82) is 0 Å². The van der Waals surface area contributed by atoms with Crippen molar-refractivity contribution >= 4 is 17.3 Å². The van der Waals surface area contributed by atoms with Crippen molar-refractivity contribution in [2.45, 2.75) is 12.6 Å². The number of anilines is 3. The van der Waals surface area contributed by atoms with Crippen LogP contribution in [-0.4, -0.2) is 28.5 Å². The molecule has 0 unspecified atom stereocenters. The molecule has 0 spiro atoms. The number of benzene rings is 1. The summed E-state index contributed by atoms with van der Waals surface area (Å²) < 4.78 is 38.5. The van der Waals surface area contributed by atoms with Gasteiger partial charge in [0.2, 0.25) is 0 Å². The zero-order chi connectivity index (χ0) is 19.3. The molecule has 0 aliphatic rings. The minimum Gasteiger partial charge on any atom is -0.359 e. The van der Waals surface area contributed by atoms with Gasteiger partial charge in [-0.15, -0.1) is 0 Å². The standard InChI is InChI=1S/C19H18F3N5/c1-27(10-7-14-5-8-23-9-6-14)18-12-17(24-13-25-18)26-16-4-2-3-15(11-16)19(20,21)22/h2-6,8-9,11-13H,7,10H2,1H3,(H,24,25,26). The molecule has 1 aromatic carbocycles. The number of aromatic nitrogens is 3. The summed E-state index contributed by atoms with van der Waals surface area (Å²) in [6.45, 7) is 0.726. The van der Waals surface area contributed by atoms with E-state index in [1.165, 1.54) is 12.4 Å². The van der Waals surface area contributed by atoms with Crippen LogP contribution in [0.25, 0.3) is 0 Å². The van der Waals surface area contributed by atoms with Gasteiger partial charge >= 0.3 is 6.18 Å². The van der Waals surface area contributed by atoms with E-state index >= 15 is 0 Å². The predicted octanol–water partition coefficient (Wildman–Crippen LogP) is 4.31. The molecule has 140 valence electrons. The van der Waals surface area contributed by atoms with Crippen LogP contribution in [0.15, 0.2) is 61.2 Å². The van der Waals surface area contributed by atoms with Crippen LogP contribution in [0, 0.1) is 0 Å². The average molecular weight is 373 g/mol. The lowest BCUT2D eigenvalue weighted by atomic mass is 10.2. The highest BCUT2D eigenvalue weighted by molar-refractivity contribution is 5.60. The van der Waals surface area contributed by atoms with Crippen LogP contribution in [0.3, 0.4) is 0 Å². The molecule has 2 aromatic heterocycles. The summed E-state index contributed by atoms with van der Waals surface area (Å²) in [6.07, 6.45) is 1.31. The minimum atomic E-state index is -4.39. The summed E-state index contributed by atoms with van der Waals surface area (Å²) in [5, 5.41) is 2.90. The third-order valence-electron chi connectivity index (χ3n) is 3.99. The number of halogens is 3. The first-order valence-corrected chi connectivity index (χ1v) is 8.28. The Balaban J connectivity index is 1.68. The molecule has 0 bridgehead atoms. The quantitative estimate of drug-likeness (QED) is 0.698. The topological polar surface area (TPSA) is 53.9 Å². The van der Waals surface area contributed by atoms with Crippen molar-refractivity contribution < 1.29 is 13.2 Å². The number of rotatable bonds is 6. The van der Waals surface area contributed by atoms with E-state index in [0.29, 0.717) is 17.3 Å². The van der Waals surface area contributed by atoms with Gasteiger partial charge in [-0.25, -0.2) is 9.97 Å². The van der Waals surface area contributed by atoms with Crippen LogP contribution < -0.4 is 10.2 Å². The van der Waals surface area contributed by atoms with E-state index in [9.17, 15) is 13.2 Å². The first kappa shape index (κ1) is 18.6. The number of hydrogen-bond donors (Lipinski definition) is 1. The normalized spacial score (nSPS) is 11.3. The number of hydrogen-bond acceptors (Lipinski definition) is 5. The summed E-state index contributed by atoms with van der Waals surface area (Å²) >= 11 is 0. The highest BCUT2D eigenvalue weighted by Crippen LogP contribution is 2.31. The van der Waals surface area contributed by atoms with Crippen molar-refractivity contribution in [3.05, 3.63) is 72.3 Å². The highest BCUT2D eigenvalue weighted by atomic mass is 19.4. The molecule has 3 aromatic rings. The molecule has 27 heavy (non-hydrogen) atoms. The van der Waals surface area contributed by atoms with Crippen LogP contribution in [0.1, 0.15) is 11.1 Å². The predicted molar refractivity (Wildman–Crippen MR) is 98.0 cm³/mol. The lowest BCUT2D eigenvalue weighted by Gasteiger charge is -2.18. The second-order valence-electron chi connectivity index (χ2n) is 5.99. The molecule has 0 fully saturated rings. The summed E-state index contributed by atoms with van der Waals surface area (Å²) in [4.78, 5) is 14.3. The van der Waals surface area contributed by atoms with Gasteiger partial charge < -0.3 is 10.2 Å². The molecule has 8 heteroatoms. The Bertz CT molecular complexity index is 884. The molecule has 0 saturated carbocycles. The lowest BCUT2D eigenvalue weighted by molar-refractivity contribution is -0.137. The van der Waals surface area contributed by atoms with Crippen LogP contribution >= 0.6 is 0 Å². The number of alkyl halides is 3. The molecule has 0 radical (unpaired) electrons. The van der Waals surface area contributed by atoms with Crippen molar-refractivity contribution in [3.63, 3.8) is 0 Å². The maximum atomic E-state index is 12.8. The Morgan fingerprint density at radius 2 is 1.81 bits per heavy atom. The molecule has 2 heterocycles. The van der Waals surface area contributed by atoms with Crippen molar-refractivity contribution in [3.8, 4) is 0 Å². The van der Waals surface area contributed by atoms with E-state index in [-0.39, 0.29) is 0 Å². The highest BCUT2D eigenvalue weighted by Gasteiger charge is 2.30. The van der Waals surface area contributed by atoms with Gasteiger partial charge in [-0.1, -0.05) is 6.07 Å². The molecule has 0 amide bonds. The van der Waals surface area contributed by atoms with E-state index in [4.69, 9.17) is 0 Å². The van der Waals surface area contributed by atoms with Gasteiger partial charge in [0, 0.05) is 37.7 Å². The Labute approximate surface area is 154 Å². The monoisotopic (exact) mass is 373 g/mol. The first-order chi connectivity index (χ1) is 12.9. The smallest absolute Gasteiger partial charge is 0.359 e. The largest absolute Gasteiger partial charge is 0.416 e. The Kier molecular flexibility index (Phi) is 5.54. The van der Waals surface area contributed by atoms with Gasteiger partial charge in [-0.2, -0.15) is 13.2 Å². The molecule has 0 saturated heterocycles. The summed E-state index contributed by atoms with van der Waals surface area (Å²) in [7, 11) is 1.90. The SMILES string of the molecule is CN(CCc1ccncc1)c1cc(Nc2cccc(C(F)(F)F)c2)ncn1. The second kappa shape index (κ2) is 8.03. The van der Waals surface area contributed by atoms with E-state index in [1.807, 2.05) is 24.1 Å². The van der Waals surface area contributed by atoms with E-state index < -0.39 is 11.7 Å². The second-order valence-corrected chi connectivity index (χ2v) is 5.99. The Hall–Kier alpha value is -3.16. The number of nitrogens with one attached hydrogen (secondary N) is 1. The van der Waals surface area contributed by atoms with Crippen LogP contribution in [0.5, 0.6) is 0 Å². The molecular formula is C19H18F3N5. The number of pyridine rings is 1. The van der Waals surface area contributed by atoms with Gasteiger partial charge in [-0.05, 0) is 42.3 Å². The zero-order valence-corrected chi connectivity index (χ0v) is 14.6. The van der Waals surface area contributed by atoms with Crippen LogP contribution in [-0.2, 0) is 12.6 Å². The third kappa shape index (κ3) is 5.16. The average Bonchev–Trinajstić information content (AvgIpc) is 2.67. The summed E-state index contributed by atoms with van der Waals surface area (Å²) in [5.41, 5.74) is 0.762. The zero-order valence-electron chi connectivity index (χ0n) is 14.6. The molecule has 0 aliphatic heterocycles. The Morgan fingerprint density at radius 1 is 1.04 bits per heavy atom. The first-order valence-electron chi connectivity index (χ1n) is 8.28. The fourth-order valence-corrected chi connectivity index (χ4v) is 2.51. The van der Waals surface area contributed by atoms with Gasteiger partial charge in [-0.3, -0.25) is 4.98 Å². The molecular weight excluding hydrogens is 355 g/mol. The van der Waals surface area contributed by atoms with Crippen molar-refractivity contribution in [1.82, 2.24) is 15.0 Å². The molecule has 1 N–H and O–H groups in total. The van der Waals surface area contributed by atoms with Crippen LogP contribution in [0.2, 0.25) is 0 Å². The third-order valence-corrected chi connectivity index (χ3v) is 3.99. The summed E-state index contributed by atoms with van der Waals surface area (Å²) in [5.74, 6) is 1.10. The number of likely N-dealkylation sites (N-methyl/N-ethyl adjacent to an activating group) is 1. The molecule has 0 aliphatic carbocycles. The van der Waals surface area contributed by atoms with Crippen LogP contribution in [0.4, 0.5) is 30.5 Å². The van der Waals surface area contributed by atoms with E-state index in [1.54, 1.807) is 24.5 Å². The van der Waals surface area contributed by atoms with E-state index in [0.717, 1.165) is 30.7 Å².